The Morgan fingerprint density at radius 2 is 1.76 bits per heavy atom. The van der Waals surface area contributed by atoms with Crippen LogP contribution in [-0.2, 0) is 11.2 Å². The van der Waals surface area contributed by atoms with Gasteiger partial charge in [0.25, 0.3) is 0 Å². The van der Waals surface area contributed by atoms with Gasteiger partial charge in [0, 0.05) is 5.92 Å². The summed E-state index contributed by atoms with van der Waals surface area (Å²) in [6.07, 6.45) is 6.39. The van der Waals surface area contributed by atoms with Gasteiger partial charge in [-0.3, -0.25) is 4.79 Å². The summed E-state index contributed by atoms with van der Waals surface area (Å²) in [6.45, 7) is 0. The van der Waals surface area contributed by atoms with Crippen molar-refractivity contribution in [2.75, 3.05) is 14.2 Å². The van der Waals surface area contributed by atoms with Gasteiger partial charge in [-0.15, -0.1) is 0 Å². The van der Waals surface area contributed by atoms with Crippen molar-refractivity contribution in [1.82, 2.24) is 5.32 Å². The van der Waals surface area contributed by atoms with Crippen molar-refractivity contribution in [3.8, 4) is 11.5 Å². The van der Waals surface area contributed by atoms with Crippen LogP contribution in [0.25, 0.3) is 0 Å². The molecule has 0 radical (unpaired) electrons. The fourth-order valence-electron chi connectivity index (χ4n) is 3.56. The SMILES string of the molecule is COc1cc2c(cc1OC)C(NC(=O)C1CCCC1)CC2. The highest BCUT2D eigenvalue weighted by molar-refractivity contribution is 5.79. The number of rotatable bonds is 4. The lowest BCUT2D eigenvalue weighted by molar-refractivity contribution is -0.125. The molecule has 114 valence electrons. The van der Waals surface area contributed by atoms with Crippen LogP contribution in [0.15, 0.2) is 12.1 Å². The number of hydrogen-bond donors (Lipinski definition) is 1. The summed E-state index contributed by atoms with van der Waals surface area (Å²) in [5, 5.41) is 3.23. The van der Waals surface area contributed by atoms with Gasteiger partial charge in [0.05, 0.1) is 20.3 Å². The van der Waals surface area contributed by atoms with Gasteiger partial charge in [-0.25, -0.2) is 0 Å². The van der Waals surface area contributed by atoms with Gasteiger partial charge >= 0.3 is 0 Å². The molecule has 3 rings (SSSR count). The average Bonchev–Trinajstić information content (AvgIpc) is 3.15. The summed E-state index contributed by atoms with van der Waals surface area (Å²) >= 11 is 0. The van der Waals surface area contributed by atoms with Crippen molar-refractivity contribution < 1.29 is 14.3 Å². The van der Waals surface area contributed by atoms with Crippen LogP contribution >= 0.6 is 0 Å². The molecule has 1 unspecified atom stereocenters. The molecule has 4 nitrogen and oxygen atoms in total. The summed E-state index contributed by atoms with van der Waals surface area (Å²) in [4.78, 5) is 12.3. The number of aryl methyl sites for hydroxylation is 1. The Bertz CT molecular complexity index is 535. The van der Waals surface area contributed by atoms with Crippen LogP contribution in [0.3, 0.4) is 0 Å². The first-order chi connectivity index (χ1) is 10.2. The minimum Gasteiger partial charge on any atom is -0.493 e. The number of hydrogen-bond acceptors (Lipinski definition) is 3. The quantitative estimate of drug-likeness (QED) is 0.927. The number of benzene rings is 1. The zero-order valence-electron chi connectivity index (χ0n) is 12.8. The molecule has 1 aromatic rings. The second-order valence-electron chi connectivity index (χ2n) is 5.99. The van der Waals surface area contributed by atoms with E-state index >= 15 is 0 Å². The first-order valence-corrected chi connectivity index (χ1v) is 7.78. The zero-order valence-corrected chi connectivity index (χ0v) is 12.8. The van der Waals surface area contributed by atoms with Gasteiger partial charge in [-0.2, -0.15) is 0 Å². The molecule has 1 amide bonds. The largest absolute Gasteiger partial charge is 0.493 e. The smallest absolute Gasteiger partial charge is 0.223 e. The number of carbonyl (C=O) groups excluding carboxylic acids is 1. The van der Waals surface area contributed by atoms with Crippen LogP contribution in [0, 0.1) is 5.92 Å². The molecule has 0 aliphatic heterocycles. The third kappa shape index (κ3) is 2.71. The predicted molar refractivity (Wildman–Crippen MR) is 80.7 cm³/mol. The summed E-state index contributed by atoms with van der Waals surface area (Å²) in [7, 11) is 3.30. The molecule has 1 atom stereocenters. The first kappa shape index (κ1) is 14.2. The minimum atomic E-state index is 0.118. The summed E-state index contributed by atoms with van der Waals surface area (Å²) in [5.74, 6) is 1.94. The van der Waals surface area contributed by atoms with Crippen LogP contribution in [0.1, 0.15) is 49.3 Å². The van der Waals surface area contributed by atoms with Gasteiger partial charge in [0.2, 0.25) is 5.91 Å². The van der Waals surface area contributed by atoms with Crippen molar-refractivity contribution in [2.24, 2.45) is 5.92 Å². The molecular weight excluding hydrogens is 266 g/mol. The van der Waals surface area contributed by atoms with Crippen LogP contribution in [0.5, 0.6) is 11.5 Å². The molecule has 0 bridgehead atoms. The normalized spacial score (nSPS) is 21.1. The molecule has 2 aliphatic carbocycles. The van der Waals surface area contributed by atoms with E-state index in [-0.39, 0.29) is 17.9 Å². The fourth-order valence-corrected chi connectivity index (χ4v) is 3.56. The summed E-state index contributed by atoms with van der Waals surface area (Å²) in [6, 6.07) is 4.17. The lowest BCUT2D eigenvalue weighted by Crippen LogP contribution is -2.32. The Morgan fingerprint density at radius 3 is 2.43 bits per heavy atom. The molecule has 1 saturated carbocycles. The Morgan fingerprint density at radius 1 is 1.10 bits per heavy atom. The highest BCUT2D eigenvalue weighted by atomic mass is 16.5. The van der Waals surface area contributed by atoms with Crippen LogP contribution < -0.4 is 14.8 Å². The van der Waals surface area contributed by atoms with Crippen molar-refractivity contribution in [1.29, 1.82) is 0 Å². The minimum absolute atomic E-state index is 0.118. The van der Waals surface area contributed by atoms with Crippen molar-refractivity contribution in [3.05, 3.63) is 23.3 Å². The lowest BCUT2D eigenvalue weighted by Gasteiger charge is -2.18. The summed E-state index contributed by atoms with van der Waals surface area (Å²) in [5.41, 5.74) is 2.43. The second kappa shape index (κ2) is 5.96. The number of carbonyl (C=O) groups is 1. The molecule has 0 aromatic heterocycles. The standard InChI is InChI=1S/C17H23NO3/c1-20-15-9-12-7-8-14(13(12)10-16(15)21-2)18-17(19)11-5-3-4-6-11/h9-11,14H,3-8H2,1-2H3,(H,18,19). The fraction of sp³-hybridized carbons (Fsp3) is 0.588. The highest BCUT2D eigenvalue weighted by Gasteiger charge is 2.29. The van der Waals surface area contributed by atoms with E-state index in [0.717, 1.165) is 37.2 Å². The Balaban J connectivity index is 1.77. The van der Waals surface area contributed by atoms with Crippen LogP contribution in [-0.4, -0.2) is 20.1 Å². The number of ether oxygens (including phenoxy) is 2. The molecule has 2 aliphatic rings. The molecule has 0 heterocycles. The van der Waals surface area contributed by atoms with Crippen LogP contribution in [0.4, 0.5) is 0 Å². The zero-order chi connectivity index (χ0) is 14.8. The maximum atomic E-state index is 12.3. The molecule has 0 saturated heterocycles. The van der Waals surface area contributed by atoms with Gasteiger partial charge in [0.15, 0.2) is 11.5 Å². The third-order valence-corrected chi connectivity index (χ3v) is 4.77. The van der Waals surface area contributed by atoms with E-state index in [0.29, 0.717) is 0 Å². The van der Waals surface area contributed by atoms with E-state index in [1.165, 1.54) is 24.0 Å². The van der Waals surface area contributed by atoms with E-state index in [9.17, 15) is 4.79 Å². The number of amides is 1. The van der Waals surface area contributed by atoms with E-state index < -0.39 is 0 Å². The Labute approximate surface area is 125 Å². The van der Waals surface area contributed by atoms with Gasteiger partial charge in [-0.1, -0.05) is 12.8 Å². The van der Waals surface area contributed by atoms with Crippen molar-refractivity contribution in [2.45, 2.75) is 44.6 Å². The van der Waals surface area contributed by atoms with Gasteiger partial charge < -0.3 is 14.8 Å². The Kier molecular flexibility index (Phi) is 4.04. The molecule has 1 aromatic carbocycles. The molecule has 21 heavy (non-hydrogen) atoms. The second-order valence-corrected chi connectivity index (χ2v) is 5.99. The van der Waals surface area contributed by atoms with E-state index in [1.807, 2.05) is 12.1 Å². The average molecular weight is 289 g/mol. The van der Waals surface area contributed by atoms with Crippen molar-refractivity contribution >= 4 is 5.91 Å². The van der Waals surface area contributed by atoms with Gasteiger partial charge in [-0.05, 0) is 48.9 Å². The molecule has 1 N–H and O–H groups in total. The van der Waals surface area contributed by atoms with Gasteiger partial charge in [0.1, 0.15) is 0 Å². The van der Waals surface area contributed by atoms with Crippen molar-refractivity contribution in [3.63, 3.8) is 0 Å². The van der Waals surface area contributed by atoms with E-state index in [2.05, 4.69) is 5.32 Å². The number of methoxy groups -OCH3 is 2. The maximum Gasteiger partial charge on any atom is 0.223 e. The third-order valence-electron chi connectivity index (χ3n) is 4.77. The monoisotopic (exact) mass is 289 g/mol. The summed E-state index contributed by atoms with van der Waals surface area (Å²) < 4.78 is 10.7. The van der Waals surface area contributed by atoms with E-state index in [4.69, 9.17) is 9.47 Å². The Hall–Kier alpha value is -1.71. The molecule has 0 spiro atoms. The molecular formula is C17H23NO3. The predicted octanol–water partition coefficient (Wildman–Crippen LogP) is 3.00. The molecule has 4 heteroatoms. The highest BCUT2D eigenvalue weighted by Crippen LogP contribution is 2.39. The van der Waals surface area contributed by atoms with E-state index in [1.54, 1.807) is 14.2 Å². The van der Waals surface area contributed by atoms with Crippen LogP contribution in [0.2, 0.25) is 0 Å². The number of fused-ring (bicyclic) bond motifs is 1. The maximum absolute atomic E-state index is 12.3. The topological polar surface area (TPSA) is 47.6 Å². The first-order valence-electron chi connectivity index (χ1n) is 7.78. The number of nitrogens with one attached hydrogen (secondary N) is 1. The lowest BCUT2D eigenvalue weighted by atomic mass is 10.0. The molecule has 1 fully saturated rings.